The minimum absolute atomic E-state index is 0.0529. The molecule has 2 aliphatic heterocycles. The van der Waals surface area contributed by atoms with Gasteiger partial charge < -0.3 is 15.5 Å². The highest BCUT2D eigenvalue weighted by atomic mass is 35.5. The Morgan fingerprint density at radius 1 is 1.14 bits per heavy atom. The van der Waals surface area contributed by atoms with Gasteiger partial charge in [0, 0.05) is 50.1 Å². The van der Waals surface area contributed by atoms with E-state index in [1.807, 2.05) is 37.1 Å². The fourth-order valence-electron chi connectivity index (χ4n) is 6.20. The first-order valence-corrected chi connectivity index (χ1v) is 14.5. The molecule has 11 nitrogen and oxygen atoms in total. The number of aromatic nitrogens is 6. The standard InChI is InChI=1S/C29H27ClF3N9O2/c1-15-11-22(26(43)36-20-5-4-18(13-19(20)30)29(31,32)33)41-23(15)24(40-9-7-34-8-10-40)27(44)42-28(41)37-25(38-42)16-3-6-21-17(12-16)14-35-39(21)2/h3-6,12-15,22,34H,7-11H2,1-2H3,(H,36,43)/t15-,22-/m0/s1. The lowest BCUT2D eigenvalue weighted by atomic mass is 10.0. The van der Waals surface area contributed by atoms with E-state index < -0.39 is 23.7 Å². The molecule has 228 valence electrons. The van der Waals surface area contributed by atoms with Crippen LogP contribution in [-0.2, 0) is 18.0 Å². The lowest BCUT2D eigenvalue weighted by Crippen LogP contribution is -2.46. The van der Waals surface area contributed by atoms with Crippen molar-refractivity contribution >= 4 is 45.6 Å². The highest BCUT2D eigenvalue weighted by molar-refractivity contribution is 6.33. The van der Waals surface area contributed by atoms with Crippen molar-refractivity contribution in [2.45, 2.75) is 31.5 Å². The van der Waals surface area contributed by atoms with E-state index in [-0.39, 0.29) is 28.0 Å². The summed E-state index contributed by atoms with van der Waals surface area (Å²) in [6.07, 6.45) is -2.50. The SMILES string of the molecule is C[C@H]1C[C@@H](C(=O)Nc2ccc(C(F)(F)F)cc2Cl)n2c1c(N1CCNCC1)c(=O)n1nc(-c3ccc4c(cnn4C)c3)nc21. The Labute approximate surface area is 253 Å². The van der Waals surface area contributed by atoms with Crippen LogP contribution < -0.4 is 21.1 Å². The monoisotopic (exact) mass is 625 g/mol. The summed E-state index contributed by atoms with van der Waals surface area (Å²) in [5.74, 6) is -0.184. The third-order valence-corrected chi connectivity index (χ3v) is 8.67. The van der Waals surface area contributed by atoms with Crippen molar-refractivity contribution in [2.24, 2.45) is 7.05 Å². The Morgan fingerprint density at radius 2 is 1.91 bits per heavy atom. The van der Waals surface area contributed by atoms with Gasteiger partial charge in [-0.3, -0.25) is 18.8 Å². The summed E-state index contributed by atoms with van der Waals surface area (Å²) in [5, 5.41) is 15.6. The van der Waals surface area contributed by atoms with Crippen molar-refractivity contribution in [3.8, 4) is 11.4 Å². The average Bonchev–Trinajstić information content (AvgIpc) is 3.70. The van der Waals surface area contributed by atoms with E-state index in [1.54, 1.807) is 15.4 Å². The number of carbonyl (C=O) groups is 1. The van der Waals surface area contributed by atoms with Crippen molar-refractivity contribution in [1.82, 2.24) is 34.3 Å². The molecule has 0 aliphatic carbocycles. The second-order valence-corrected chi connectivity index (χ2v) is 11.6. The summed E-state index contributed by atoms with van der Waals surface area (Å²) < 4.78 is 44.3. The van der Waals surface area contributed by atoms with Crippen LogP contribution in [0.4, 0.5) is 24.5 Å². The van der Waals surface area contributed by atoms with Crippen LogP contribution in [-0.4, -0.2) is 61.0 Å². The number of nitrogens with one attached hydrogen (secondary N) is 2. The number of alkyl halides is 3. The molecule has 1 saturated heterocycles. The molecule has 2 N–H and O–H groups in total. The molecule has 5 heterocycles. The lowest BCUT2D eigenvalue weighted by Gasteiger charge is -2.31. The maximum absolute atomic E-state index is 14.1. The number of fused-ring (bicyclic) bond motifs is 4. The van der Waals surface area contributed by atoms with E-state index >= 15 is 0 Å². The van der Waals surface area contributed by atoms with Crippen LogP contribution in [0, 0.1) is 0 Å². The third kappa shape index (κ3) is 4.59. The van der Waals surface area contributed by atoms with E-state index in [0.717, 1.165) is 29.1 Å². The van der Waals surface area contributed by atoms with Gasteiger partial charge in [-0.15, -0.1) is 5.10 Å². The van der Waals surface area contributed by atoms with E-state index in [1.165, 1.54) is 4.52 Å². The molecular weight excluding hydrogens is 599 g/mol. The predicted octanol–water partition coefficient (Wildman–Crippen LogP) is 4.21. The number of rotatable bonds is 4. The summed E-state index contributed by atoms with van der Waals surface area (Å²) in [6.45, 7) is 4.51. The molecule has 7 rings (SSSR count). The second kappa shape index (κ2) is 10.3. The van der Waals surface area contributed by atoms with Gasteiger partial charge in [0.1, 0.15) is 11.7 Å². The number of anilines is 2. The summed E-state index contributed by atoms with van der Waals surface area (Å²) in [5.41, 5.74) is 1.55. The van der Waals surface area contributed by atoms with Gasteiger partial charge in [0.05, 0.1) is 33.7 Å². The molecular formula is C29H27ClF3N9O2. The maximum Gasteiger partial charge on any atom is 0.416 e. The Morgan fingerprint density at radius 3 is 2.64 bits per heavy atom. The van der Waals surface area contributed by atoms with Crippen molar-refractivity contribution in [3.63, 3.8) is 0 Å². The number of hydrogen-bond acceptors (Lipinski definition) is 7. The van der Waals surface area contributed by atoms with Gasteiger partial charge in [0.15, 0.2) is 5.82 Å². The largest absolute Gasteiger partial charge is 0.416 e. The molecule has 0 bridgehead atoms. The van der Waals surface area contributed by atoms with Crippen LogP contribution >= 0.6 is 11.6 Å². The van der Waals surface area contributed by atoms with Gasteiger partial charge in [-0.2, -0.15) is 27.8 Å². The van der Waals surface area contributed by atoms with Crippen LogP contribution in [0.2, 0.25) is 5.02 Å². The van der Waals surface area contributed by atoms with E-state index in [4.69, 9.17) is 16.6 Å². The van der Waals surface area contributed by atoms with Crippen molar-refractivity contribution in [3.05, 3.63) is 69.2 Å². The number of piperazine rings is 1. The summed E-state index contributed by atoms with van der Waals surface area (Å²) in [7, 11) is 1.84. The Kier molecular flexibility index (Phi) is 6.66. The highest BCUT2D eigenvalue weighted by Gasteiger charge is 2.40. The number of halogens is 4. The molecule has 1 fully saturated rings. The first-order chi connectivity index (χ1) is 21.0. The molecule has 2 aliphatic rings. The number of aryl methyl sites for hydroxylation is 1. The van der Waals surface area contributed by atoms with Crippen LogP contribution in [0.15, 0.2) is 47.4 Å². The number of amides is 1. The molecule has 0 radical (unpaired) electrons. The second-order valence-electron chi connectivity index (χ2n) is 11.2. The Balaban J connectivity index is 1.36. The van der Waals surface area contributed by atoms with Gasteiger partial charge >= 0.3 is 6.18 Å². The summed E-state index contributed by atoms with van der Waals surface area (Å²) in [6, 6.07) is 7.60. The number of nitrogens with zero attached hydrogens (tertiary/aromatic N) is 7. The zero-order valence-electron chi connectivity index (χ0n) is 23.7. The fourth-order valence-corrected chi connectivity index (χ4v) is 6.43. The summed E-state index contributed by atoms with van der Waals surface area (Å²) >= 11 is 6.16. The Hall–Kier alpha value is -4.43. The molecule has 15 heteroatoms. The zero-order valence-corrected chi connectivity index (χ0v) is 24.4. The van der Waals surface area contributed by atoms with Crippen molar-refractivity contribution in [1.29, 1.82) is 0 Å². The molecule has 2 atom stereocenters. The Bertz CT molecular complexity index is 2010. The molecule has 5 aromatic rings. The van der Waals surface area contributed by atoms with Crippen LogP contribution in [0.25, 0.3) is 28.1 Å². The third-order valence-electron chi connectivity index (χ3n) is 8.35. The van der Waals surface area contributed by atoms with Crippen LogP contribution in [0.5, 0.6) is 0 Å². The quantitative estimate of drug-likeness (QED) is 0.308. The van der Waals surface area contributed by atoms with Gasteiger partial charge in [-0.05, 0) is 42.8 Å². The number of carbonyl (C=O) groups excluding carboxylic acids is 1. The molecule has 0 spiro atoms. The summed E-state index contributed by atoms with van der Waals surface area (Å²) in [4.78, 5) is 34.7. The number of benzene rings is 2. The maximum atomic E-state index is 14.1. The van der Waals surface area contributed by atoms with Gasteiger partial charge in [-0.1, -0.05) is 18.5 Å². The first-order valence-electron chi connectivity index (χ1n) is 14.1. The van der Waals surface area contributed by atoms with E-state index in [0.29, 0.717) is 55.4 Å². The fraction of sp³-hybridized carbons (Fsp3) is 0.345. The minimum atomic E-state index is -4.57. The molecule has 44 heavy (non-hydrogen) atoms. The van der Waals surface area contributed by atoms with E-state index in [2.05, 4.69) is 20.8 Å². The lowest BCUT2D eigenvalue weighted by molar-refractivity contribution is -0.137. The van der Waals surface area contributed by atoms with Gasteiger partial charge in [0.2, 0.25) is 11.7 Å². The topological polar surface area (TPSA) is 114 Å². The average molecular weight is 626 g/mol. The minimum Gasteiger partial charge on any atom is -0.363 e. The molecule has 0 unspecified atom stereocenters. The molecule has 3 aromatic heterocycles. The van der Waals surface area contributed by atoms with E-state index in [9.17, 15) is 22.8 Å². The van der Waals surface area contributed by atoms with Gasteiger partial charge in [-0.25, -0.2) is 0 Å². The van der Waals surface area contributed by atoms with Crippen LogP contribution in [0.1, 0.15) is 36.6 Å². The van der Waals surface area contributed by atoms with Gasteiger partial charge in [0.25, 0.3) is 5.56 Å². The van der Waals surface area contributed by atoms with Crippen molar-refractivity contribution in [2.75, 3.05) is 36.4 Å². The zero-order chi connectivity index (χ0) is 30.9. The molecule has 1 amide bonds. The smallest absolute Gasteiger partial charge is 0.363 e. The highest BCUT2D eigenvalue weighted by Crippen LogP contribution is 2.42. The van der Waals surface area contributed by atoms with Crippen LogP contribution in [0.3, 0.4) is 0 Å². The molecule has 2 aromatic carbocycles. The van der Waals surface area contributed by atoms with Crippen molar-refractivity contribution < 1.29 is 18.0 Å². The first kappa shape index (κ1) is 28.3. The normalized spacial score (nSPS) is 18.7. The number of hydrogen-bond donors (Lipinski definition) is 2. The predicted molar refractivity (Wildman–Crippen MR) is 159 cm³/mol. The molecule has 0 saturated carbocycles.